The van der Waals surface area contributed by atoms with Crippen molar-refractivity contribution in [3.63, 3.8) is 0 Å². The maximum absolute atomic E-state index is 12.2. The number of nitrogens with one attached hydrogen (secondary N) is 3. The summed E-state index contributed by atoms with van der Waals surface area (Å²) in [4.78, 5) is 43.2. The van der Waals surface area contributed by atoms with Gasteiger partial charge in [-0.2, -0.15) is 0 Å². The molecule has 108 valence electrons. The van der Waals surface area contributed by atoms with Crippen LogP contribution in [0.2, 0.25) is 0 Å². The molecule has 2 aliphatic rings. The molecule has 1 aromatic rings. The van der Waals surface area contributed by atoms with Gasteiger partial charge in [0.15, 0.2) is 0 Å². The van der Waals surface area contributed by atoms with Crippen LogP contribution in [0.4, 0.5) is 0 Å². The van der Waals surface area contributed by atoms with Gasteiger partial charge < -0.3 is 15.2 Å². The van der Waals surface area contributed by atoms with E-state index in [2.05, 4.69) is 20.2 Å². The Kier molecular flexibility index (Phi) is 3.41. The van der Waals surface area contributed by atoms with Crippen molar-refractivity contribution in [3.05, 3.63) is 32.6 Å². The van der Waals surface area contributed by atoms with Gasteiger partial charge in [0.2, 0.25) is 0 Å². The first kappa shape index (κ1) is 13.1. The summed E-state index contributed by atoms with van der Waals surface area (Å²) in [5.41, 5.74) is -1.25. The highest BCUT2D eigenvalue weighted by Gasteiger charge is 2.30. The molecule has 0 aromatic carbocycles. The van der Waals surface area contributed by atoms with Gasteiger partial charge in [0.05, 0.1) is 0 Å². The Labute approximate surface area is 114 Å². The van der Waals surface area contributed by atoms with Crippen LogP contribution in [0.3, 0.4) is 0 Å². The Morgan fingerprint density at radius 2 is 1.85 bits per heavy atom. The van der Waals surface area contributed by atoms with Crippen molar-refractivity contribution in [1.29, 1.82) is 0 Å². The van der Waals surface area contributed by atoms with Gasteiger partial charge in [-0.1, -0.05) is 0 Å². The molecule has 0 bridgehead atoms. The zero-order valence-electron chi connectivity index (χ0n) is 11.0. The fourth-order valence-electron chi connectivity index (χ4n) is 2.56. The second-order valence-corrected chi connectivity index (χ2v) is 5.13. The Hall–Kier alpha value is -1.93. The Morgan fingerprint density at radius 3 is 2.40 bits per heavy atom. The lowest BCUT2D eigenvalue weighted by Crippen LogP contribution is -2.62. The number of hydrogen-bond acceptors (Lipinski definition) is 5. The normalized spacial score (nSPS) is 20.7. The molecule has 0 aliphatic carbocycles. The van der Waals surface area contributed by atoms with Crippen molar-refractivity contribution in [2.75, 3.05) is 39.3 Å². The number of nitrogens with zero attached hydrogens (tertiary/aromatic N) is 2. The first-order chi connectivity index (χ1) is 9.65. The molecule has 0 saturated carbocycles. The lowest BCUT2D eigenvalue weighted by atomic mass is 10.1. The first-order valence-electron chi connectivity index (χ1n) is 6.71. The molecule has 20 heavy (non-hydrogen) atoms. The van der Waals surface area contributed by atoms with E-state index in [9.17, 15) is 14.4 Å². The molecule has 0 unspecified atom stereocenters. The smallest absolute Gasteiger partial charge is 0.325 e. The van der Waals surface area contributed by atoms with Crippen molar-refractivity contribution in [3.8, 4) is 0 Å². The van der Waals surface area contributed by atoms with Gasteiger partial charge in [-0.3, -0.25) is 19.5 Å². The Morgan fingerprint density at radius 1 is 1.15 bits per heavy atom. The van der Waals surface area contributed by atoms with Crippen LogP contribution in [0.1, 0.15) is 10.4 Å². The van der Waals surface area contributed by atoms with E-state index in [-0.39, 0.29) is 11.5 Å². The van der Waals surface area contributed by atoms with Crippen LogP contribution < -0.4 is 16.6 Å². The zero-order valence-corrected chi connectivity index (χ0v) is 11.0. The monoisotopic (exact) mass is 279 g/mol. The minimum absolute atomic E-state index is 0.0108. The quantitative estimate of drug-likeness (QED) is 0.570. The van der Waals surface area contributed by atoms with Crippen molar-refractivity contribution in [2.45, 2.75) is 6.04 Å². The highest BCUT2D eigenvalue weighted by atomic mass is 16.2. The second-order valence-electron chi connectivity index (χ2n) is 5.13. The predicted molar refractivity (Wildman–Crippen MR) is 71.8 cm³/mol. The molecule has 3 rings (SSSR count). The van der Waals surface area contributed by atoms with Crippen LogP contribution in [0.25, 0.3) is 0 Å². The maximum Gasteiger partial charge on any atom is 0.325 e. The van der Waals surface area contributed by atoms with E-state index in [0.717, 1.165) is 26.2 Å². The van der Waals surface area contributed by atoms with E-state index in [0.29, 0.717) is 19.1 Å². The number of aromatic nitrogens is 2. The first-order valence-corrected chi connectivity index (χ1v) is 6.71. The van der Waals surface area contributed by atoms with Gasteiger partial charge in [0.25, 0.3) is 11.5 Å². The van der Waals surface area contributed by atoms with E-state index in [1.165, 1.54) is 6.20 Å². The van der Waals surface area contributed by atoms with Crippen molar-refractivity contribution >= 4 is 5.91 Å². The Balaban J connectivity index is 1.66. The number of aromatic amines is 2. The molecular formula is C12H17N5O3. The van der Waals surface area contributed by atoms with Crippen LogP contribution in [0.5, 0.6) is 0 Å². The molecule has 0 spiro atoms. The fraction of sp³-hybridized carbons (Fsp3) is 0.583. The summed E-state index contributed by atoms with van der Waals surface area (Å²) >= 11 is 0. The maximum atomic E-state index is 12.2. The van der Waals surface area contributed by atoms with Crippen molar-refractivity contribution in [2.24, 2.45) is 0 Å². The zero-order chi connectivity index (χ0) is 14.1. The molecular weight excluding hydrogens is 262 g/mol. The lowest BCUT2D eigenvalue weighted by Gasteiger charge is -2.43. The van der Waals surface area contributed by atoms with E-state index < -0.39 is 11.2 Å². The summed E-state index contributed by atoms with van der Waals surface area (Å²) in [5.74, 6) is -0.325. The minimum atomic E-state index is -0.635. The minimum Gasteiger partial charge on any atom is -0.336 e. The third kappa shape index (κ3) is 2.39. The number of carbonyl (C=O) groups excluding carboxylic acids is 1. The van der Waals surface area contributed by atoms with Crippen LogP contribution in [-0.4, -0.2) is 71.0 Å². The molecule has 1 amide bonds. The van der Waals surface area contributed by atoms with E-state index in [1.54, 1.807) is 4.90 Å². The van der Waals surface area contributed by atoms with Gasteiger partial charge in [-0.15, -0.1) is 0 Å². The van der Waals surface area contributed by atoms with E-state index in [4.69, 9.17) is 0 Å². The average molecular weight is 279 g/mol. The number of hydrogen-bond donors (Lipinski definition) is 3. The Bertz CT molecular complexity index is 610. The number of amides is 1. The third-order valence-corrected chi connectivity index (χ3v) is 3.93. The number of H-pyrrole nitrogens is 2. The van der Waals surface area contributed by atoms with Crippen molar-refractivity contribution < 1.29 is 4.79 Å². The number of rotatable bonds is 2. The van der Waals surface area contributed by atoms with Gasteiger partial charge in [0.1, 0.15) is 5.56 Å². The molecule has 8 heteroatoms. The molecule has 2 aliphatic heterocycles. The standard InChI is InChI=1S/C12H17N5O3/c18-10-9(7-14-12(20)15-10)11(19)17-3-1-16(2-4-17)8-5-13-6-8/h7-8,13H,1-6H2,(H2,14,15,18,20). The largest absolute Gasteiger partial charge is 0.336 e. The molecule has 0 radical (unpaired) electrons. The second kappa shape index (κ2) is 5.22. The topological polar surface area (TPSA) is 101 Å². The van der Waals surface area contributed by atoms with Crippen LogP contribution >= 0.6 is 0 Å². The third-order valence-electron chi connectivity index (χ3n) is 3.93. The molecule has 2 saturated heterocycles. The molecule has 0 atom stereocenters. The predicted octanol–water partition coefficient (Wildman–Crippen LogP) is -2.21. The summed E-state index contributed by atoms with van der Waals surface area (Å²) in [6.07, 6.45) is 1.19. The molecule has 2 fully saturated rings. The fourth-order valence-corrected chi connectivity index (χ4v) is 2.56. The van der Waals surface area contributed by atoms with Gasteiger partial charge >= 0.3 is 5.69 Å². The van der Waals surface area contributed by atoms with Gasteiger partial charge in [-0.25, -0.2) is 4.79 Å². The highest BCUT2D eigenvalue weighted by Crippen LogP contribution is 2.10. The van der Waals surface area contributed by atoms with Crippen LogP contribution in [0, 0.1) is 0 Å². The van der Waals surface area contributed by atoms with E-state index >= 15 is 0 Å². The summed E-state index contributed by atoms with van der Waals surface area (Å²) < 4.78 is 0. The highest BCUT2D eigenvalue weighted by molar-refractivity contribution is 5.93. The average Bonchev–Trinajstić information content (AvgIpc) is 2.37. The van der Waals surface area contributed by atoms with Crippen LogP contribution in [0.15, 0.2) is 15.8 Å². The lowest BCUT2D eigenvalue weighted by molar-refractivity contribution is 0.0500. The van der Waals surface area contributed by atoms with Gasteiger partial charge in [-0.05, 0) is 0 Å². The molecule has 3 heterocycles. The summed E-state index contributed by atoms with van der Waals surface area (Å²) in [5, 5.41) is 3.23. The number of carbonyl (C=O) groups is 1. The van der Waals surface area contributed by atoms with E-state index in [1.807, 2.05) is 0 Å². The summed E-state index contributed by atoms with van der Waals surface area (Å²) in [6, 6.07) is 0.573. The summed E-state index contributed by atoms with van der Waals surface area (Å²) in [7, 11) is 0. The SMILES string of the molecule is O=C(c1c[nH]c(=O)[nH]c1=O)N1CCN(C2CNC2)CC1. The van der Waals surface area contributed by atoms with Crippen molar-refractivity contribution in [1.82, 2.24) is 25.1 Å². The molecule has 1 aromatic heterocycles. The summed E-state index contributed by atoms with van der Waals surface area (Å²) in [6.45, 7) is 4.86. The molecule has 8 nitrogen and oxygen atoms in total. The van der Waals surface area contributed by atoms with Crippen LogP contribution in [-0.2, 0) is 0 Å². The molecule has 3 N–H and O–H groups in total. The number of piperazine rings is 1. The van der Waals surface area contributed by atoms with Gasteiger partial charge in [0, 0.05) is 51.5 Å².